The Kier molecular flexibility index (Phi) is 7.53. The molecule has 0 bridgehead atoms. The highest BCUT2D eigenvalue weighted by atomic mass is 32.7. The van der Waals surface area contributed by atoms with Gasteiger partial charge < -0.3 is 30.0 Å². The Morgan fingerprint density at radius 1 is 0.911 bits per heavy atom. The average Bonchev–Trinajstić information content (AvgIpc) is 3.72. The van der Waals surface area contributed by atoms with Crippen molar-refractivity contribution in [2.45, 2.75) is 49.2 Å². The number of nitrogen functional groups attached to an aromatic ring is 2. The van der Waals surface area contributed by atoms with Crippen molar-refractivity contribution in [3.05, 3.63) is 29.3 Å². The van der Waals surface area contributed by atoms with Crippen LogP contribution >= 0.6 is 26.5 Å². The highest BCUT2D eigenvalue weighted by molar-refractivity contribution is 8.44. The van der Waals surface area contributed by atoms with E-state index < -0.39 is 82.3 Å². The molecule has 0 aromatic carbocycles. The number of nitrogens with two attached hydrogens (primary N) is 2. The van der Waals surface area contributed by atoms with Crippen molar-refractivity contribution in [2.24, 2.45) is 0 Å². The minimum absolute atomic E-state index is 0.0482. The van der Waals surface area contributed by atoms with Crippen LogP contribution in [0, 0.1) is 0 Å². The summed E-state index contributed by atoms with van der Waals surface area (Å²) in [6.45, 7) is -5.69. The standard InChI is InChI=1S/C20H23BF2N10O9P2S/c21-43(35)37-1-6-13(9(23)18(39-6)32-4-28-10-14(24)26-3-27-15(10)32)42-44(36,45)38-2-7-12(41-43)8(22)19(40-7)33-5-29-11-16(33)30-20(25)31-17(11)34/h3-9,12-13,18-19H,1-2,21H2,(H,36,45)(H2,24,26,27)(H3,25,30,31,34)/t6-,7-,8-,9-,12-,13-,18-,19-,43?,44-/m1/s1. The van der Waals surface area contributed by atoms with E-state index in [9.17, 15) is 13.9 Å². The third-order valence-corrected chi connectivity index (χ3v) is 10.2. The fourth-order valence-corrected chi connectivity index (χ4v) is 8.01. The summed E-state index contributed by atoms with van der Waals surface area (Å²) in [5, 5.41) is 0. The molecule has 0 aliphatic carbocycles. The van der Waals surface area contributed by atoms with Crippen LogP contribution in [0.25, 0.3) is 22.3 Å². The smallest absolute Gasteiger partial charge is 0.382 e. The molecule has 4 aromatic rings. The molecule has 5 N–H and O–H groups in total. The largest absolute Gasteiger partial charge is 0.386 e. The molecular formula is C20H23BF2N10O9P2S. The zero-order chi connectivity index (χ0) is 31.8. The Morgan fingerprint density at radius 2 is 1.51 bits per heavy atom. The molecule has 1 unspecified atom stereocenters. The number of fused-ring (bicyclic) bond motifs is 4. The summed E-state index contributed by atoms with van der Waals surface area (Å²) in [7, 11) is -3.06. The molecule has 7 heterocycles. The van der Waals surface area contributed by atoms with Gasteiger partial charge in [-0.3, -0.25) is 32.5 Å². The van der Waals surface area contributed by atoms with Gasteiger partial charge in [0.25, 0.3) is 20.6 Å². The Labute approximate surface area is 255 Å². The Hall–Kier alpha value is -3.01. The molecule has 3 fully saturated rings. The zero-order valence-corrected chi connectivity index (χ0v) is 25.5. The van der Waals surface area contributed by atoms with E-state index in [1.165, 1.54) is 10.9 Å². The first-order valence-corrected chi connectivity index (χ1v) is 17.8. The lowest BCUT2D eigenvalue weighted by Gasteiger charge is -2.29. The number of rotatable bonds is 2. The molecule has 3 aliphatic heterocycles. The van der Waals surface area contributed by atoms with Crippen molar-refractivity contribution in [3.63, 3.8) is 0 Å². The molecule has 0 spiro atoms. The van der Waals surface area contributed by atoms with Gasteiger partial charge in [-0.05, 0) is 0 Å². The molecule has 240 valence electrons. The van der Waals surface area contributed by atoms with Gasteiger partial charge in [0, 0.05) is 0 Å². The molecule has 3 saturated heterocycles. The number of H-pyrrole nitrogens is 1. The van der Waals surface area contributed by atoms with Gasteiger partial charge in [-0.2, -0.15) is 4.98 Å². The third-order valence-electron chi connectivity index (χ3n) is 7.36. The van der Waals surface area contributed by atoms with E-state index >= 15 is 8.78 Å². The van der Waals surface area contributed by atoms with Crippen LogP contribution in [-0.2, 0) is 36.7 Å². The quantitative estimate of drug-likeness (QED) is 0.125. The fraction of sp³-hybridized carbons (Fsp3) is 0.500. The molecular weight excluding hydrogens is 667 g/mol. The number of aromatic nitrogens is 8. The number of thiol groups is 1. The summed E-state index contributed by atoms with van der Waals surface area (Å²) in [4.78, 5) is 34.5. The van der Waals surface area contributed by atoms with Gasteiger partial charge in [0.1, 0.15) is 36.3 Å². The Balaban J connectivity index is 1.17. The van der Waals surface area contributed by atoms with Crippen LogP contribution in [0.3, 0.4) is 0 Å². The number of nitrogens with zero attached hydrogens (tertiary/aromatic N) is 7. The number of halogens is 2. The average molecular weight is 690 g/mol. The summed E-state index contributed by atoms with van der Waals surface area (Å²) in [6.07, 6.45) is -9.53. The van der Waals surface area contributed by atoms with Gasteiger partial charge in [-0.1, -0.05) is 12.2 Å². The molecule has 0 radical (unpaired) electrons. The number of ether oxygens (including phenoxy) is 2. The number of alkyl halides is 2. The van der Waals surface area contributed by atoms with Crippen LogP contribution in [0.4, 0.5) is 20.5 Å². The molecule has 10 atom stereocenters. The lowest BCUT2D eigenvalue weighted by atomic mass is 10.1. The van der Waals surface area contributed by atoms with Crippen molar-refractivity contribution >= 4 is 68.2 Å². The number of hydrogen-bond acceptors (Lipinski definition) is 16. The highest BCUT2D eigenvalue weighted by Crippen LogP contribution is 2.58. The lowest BCUT2D eigenvalue weighted by molar-refractivity contribution is -0.0546. The number of nitrogens with one attached hydrogen (secondary N) is 1. The second-order valence-electron chi connectivity index (χ2n) is 10.3. The van der Waals surface area contributed by atoms with Crippen molar-refractivity contribution in [1.29, 1.82) is 0 Å². The van der Waals surface area contributed by atoms with Gasteiger partial charge in [0.05, 0.1) is 25.9 Å². The maximum atomic E-state index is 16.0. The van der Waals surface area contributed by atoms with E-state index in [0.717, 1.165) is 24.8 Å². The third kappa shape index (κ3) is 5.45. The van der Waals surface area contributed by atoms with E-state index in [4.69, 9.17) is 39.0 Å². The minimum atomic E-state index is -4.41. The first-order chi connectivity index (χ1) is 21.3. The van der Waals surface area contributed by atoms with E-state index in [-0.39, 0.29) is 34.1 Å². The molecule has 0 amide bonds. The predicted octanol–water partition coefficient (Wildman–Crippen LogP) is 0.191. The van der Waals surface area contributed by atoms with Crippen LogP contribution in [0.1, 0.15) is 12.5 Å². The van der Waals surface area contributed by atoms with E-state index in [2.05, 4.69) is 42.2 Å². The van der Waals surface area contributed by atoms with Gasteiger partial charge >= 0.3 is 6.80 Å². The highest BCUT2D eigenvalue weighted by Gasteiger charge is 2.54. The molecule has 0 saturated carbocycles. The maximum Gasteiger partial charge on any atom is 0.386 e. The molecule has 45 heavy (non-hydrogen) atoms. The molecule has 4 aromatic heterocycles. The van der Waals surface area contributed by atoms with Crippen molar-refractivity contribution in [2.75, 3.05) is 24.7 Å². The number of anilines is 2. The van der Waals surface area contributed by atoms with Crippen molar-refractivity contribution in [3.8, 4) is 0 Å². The molecule has 19 nitrogen and oxygen atoms in total. The molecule has 7 rings (SSSR count). The predicted molar refractivity (Wildman–Crippen MR) is 154 cm³/mol. The van der Waals surface area contributed by atoms with E-state index in [1.807, 2.05) is 0 Å². The van der Waals surface area contributed by atoms with Crippen molar-refractivity contribution < 1.29 is 45.5 Å². The summed E-state index contributed by atoms with van der Waals surface area (Å²) in [5.74, 6) is -0.208. The van der Waals surface area contributed by atoms with Crippen LogP contribution < -0.4 is 17.0 Å². The summed E-state index contributed by atoms with van der Waals surface area (Å²) < 4.78 is 94.8. The van der Waals surface area contributed by atoms with Gasteiger partial charge in [-0.25, -0.2) is 33.3 Å². The number of hydrogen-bond donors (Lipinski definition) is 4. The number of imidazole rings is 2. The second-order valence-corrected chi connectivity index (χ2v) is 15.2. The van der Waals surface area contributed by atoms with Gasteiger partial charge in [0.15, 0.2) is 47.4 Å². The Morgan fingerprint density at radius 3 is 2.20 bits per heavy atom. The fourth-order valence-electron chi connectivity index (χ4n) is 5.35. The van der Waals surface area contributed by atoms with E-state index in [1.54, 1.807) is 0 Å². The second kappa shape index (κ2) is 11.1. The SMILES string of the molecule is BP1(=O)OC[C@H]2O[C@@H](n3cnc4c(N)ncnc43)[C@H](F)[C@@H]2O[P@](=O)(S)OC[C@H]2O[C@@H](n3cnc4c(=O)[nH]c(N)nc43)[C@H](F)[C@@H]2O1. The van der Waals surface area contributed by atoms with Gasteiger partial charge in [0.2, 0.25) is 5.95 Å². The minimum Gasteiger partial charge on any atom is -0.382 e. The van der Waals surface area contributed by atoms with Crippen LogP contribution in [-0.4, -0.2) is 96.6 Å². The summed E-state index contributed by atoms with van der Waals surface area (Å²) in [6, 6.07) is 0. The van der Waals surface area contributed by atoms with Crippen molar-refractivity contribution in [1.82, 2.24) is 39.0 Å². The topological polar surface area (TPSA) is 249 Å². The number of aromatic amines is 1. The zero-order valence-electron chi connectivity index (χ0n) is 22.8. The summed E-state index contributed by atoms with van der Waals surface area (Å²) >= 11 is 3.99. The monoisotopic (exact) mass is 690 g/mol. The van der Waals surface area contributed by atoms with Crippen LogP contribution in [0.2, 0.25) is 0 Å². The summed E-state index contributed by atoms with van der Waals surface area (Å²) in [5.41, 5.74) is 10.9. The van der Waals surface area contributed by atoms with Gasteiger partial charge in [-0.15, -0.1) is 0 Å². The first-order valence-electron chi connectivity index (χ1n) is 13.1. The maximum absolute atomic E-state index is 16.0. The Bertz CT molecular complexity index is 1950. The lowest BCUT2D eigenvalue weighted by Crippen LogP contribution is -2.37. The first kappa shape index (κ1) is 30.6. The van der Waals surface area contributed by atoms with Crippen LogP contribution in [0.15, 0.2) is 23.8 Å². The molecule has 3 aliphatic rings. The normalized spacial score (nSPS) is 37.7. The van der Waals surface area contributed by atoms with Crippen LogP contribution in [0.5, 0.6) is 0 Å². The van der Waals surface area contributed by atoms with E-state index in [0.29, 0.717) is 0 Å². The molecule has 25 heteroatoms.